The minimum atomic E-state index is -0.955. The fourth-order valence-electron chi connectivity index (χ4n) is 11.5. The summed E-state index contributed by atoms with van der Waals surface area (Å²) in [5.74, 6) is -3.28. The van der Waals surface area contributed by atoms with Gasteiger partial charge in [-0.05, 0) is 143 Å². The average Bonchev–Trinajstić information content (AvgIpc) is 2.95. The zero-order chi connectivity index (χ0) is 60.3. The molecule has 0 radical (unpaired) electrons. The van der Waals surface area contributed by atoms with E-state index in [1.807, 2.05) is 81.4 Å². The summed E-state index contributed by atoms with van der Waals surface area (Å²) >= 11 is 0. The number of hydrogen-bond donors (Lipinski definition) is 5. The molecule has 0 aromatic heterocycles. The molecule has 8 rings (SSSR count). The third kappa shape index (κ3) is 17.0. The van der Waals surface area contributed by atoms with Crippen LogP contribution in [-0.2, 0) is 65.7 Å². The number of carbonyl (C=O) groups excluding carboxylic acids is 8. The quantitative estimate of drug-likeness (QED) is 0.0556. The van der Waals surface area contributed by atoms with Crippen LogP contribution >= 0.6 is 0 Å². The van der Waals surface area contributed by atoms with Crippen molar-refractivity contribution in [2.75, 3.05) is 19.8 Å². The predicted molar refractivity (Wildman–Crippen MR) is 296 cm³/mol. The SMILES string of the molecule is CC(C)(C)OC(=O)[C@@H]1CCC2CC(CN=[N+]=[N-])C(NC(=O)OCc3ccccc3)C(=O)N21.CC(C)(C)OC(=O)[C@@H]1CCC2CC(CO)C(N)C(=O)N21.CC(C)(C)OC(=O)[C@@H]1CCC2CC(CO)C(NC(=O)OCc3ccccc3)C(=O)N21. The molecule has 2 aromatic rings. The van der Waals surface area contributed by atoms with Gasteiger partial charge in [0.15, 0.2) is 0 Å². The molecule has 24 nitrogen and oxygen atoms in total. The van der Waals surface area contributed by atoms with Crippen LogP contribution in [0.4, 0.5) is 9.59 Å². The second kappa shape index (κ2) is 27.8. The Morgan fingerprint density at radius 2 is 0.902 bits per heavy atom. The molecular weight excluding hydrogens is 1060 g/mol. The fraction of sp³-hybridized carbons (Fsp3) is 0.655. The van der Waals surface area contributed by atoms with Crippen LogP contribution in [0.2, 0.25) is 0 Å². The van der Waals surface area contributed by atoms with E-state index in [0.29, 0.717) is 51.4 Å². The van der Waals surface area contributed by atoms with Crippen LogP contribution in [0.5, 0.6) is 0 Å². The first-order chi connectivity index (χ1) is 38.6. The molecule has 0 bridgehead atoms. The highest BCUT2D eigenvalue weighted by atomic mass is 16.6. The van der Waals surface area contributed by atoms with E-state index in [1.54, 1.807) is 46.4 Å². The number of rotatable bonds is 13. The monoisotopic (exact) mass is 1150 g/mol. The first-order valence-electron chi connectivity index (χ1n) is 28.2. The van der Waals surface area contributed by atoms with Gasteiger partial charge in [-0.15, -0.1) is 0 Å². The minimum Gasteiger partial charge on any atom is -0.458 e. The number of nitrogens with one attached hydrogen (secondary N) is 2. The number of ether oxygens (including phenoxy) is 5. The molecule has 6 aliphatic heterocycles. The highest BCUT2D eigenvalue weighted by molar-refractivity contribution is 5.93. The average molecular weight is 1150 g/mol. The van der Waals surface area contributed by atoms with E-state index in [1.165, 1.54) is 9.80 Å². The molecule has 6 N–H and O–H groups in total. The fourth-order valence-corrected chi connectivity index (χ4v) is 11.5. The van der Waals surface area contributed by atoms with Crippen LogP contribution in [0.3, 0.4) is 0 Å². The van der Waals surface area contributed by atoms with Crippen LogP contribution in [0.25, 0.3) is 10.4 Å². The Hall–Kier alpha value is -7.01. The number of nitrogens with two attached hydrogens (primary N) is 1. The summed E-state index contributed by atoms with van der Waals surface area (Å²) in [4.78, 5) is 109. The number of aliphatic hydroxyl groups is 2. The Morgan fingerprint density at radius 1 is 0.561 bits per heavy atom. The van der Waals surface area contributed by atoms with E-state index in [0.717, 1.165) is 17.5 Å². The molecule has 2 aromatic carbocycles. The molecule has 12 atom stereocenters. The topological polar surface area (TPSA) is 332 Å². The summed E-state index contributed by atoms with van der Waals surface area (Å²) in [6.07, 6.45) is 3.87. The molecular formula is C58H83N9O15. The van der Waals surface area contributed by atoms with E-state index in [2.05, 4.69) is 20.7 Å². The van der Waals surface area contributed by atoms with Gasteiger partial charge >= 0.3 is 30.1 Å². The molecule has 9 unspecified atom stereocenters. The third-order valence-electron chi connectivity index (χ3n) is 15.1. The number of fused-ring (bicyclic) bond motifs is 3. The molecule has 6 aliphatic rings. The van der Waals surface area contributed by atoms with E-state index < -0.39 is 83.1 Å². The lowest BCUT2D eigenvalue weighted by Crippen LogP contribution is -2.62. The van der Waals surface area contributed by atoms with E-state index in [4.69, 9.17) is 34.9 Å². The number of aliphatic hydroxyl groups excluding tert-OH is 2. The highest BCUT2D eigenvalue weighted by Gasteiger charge is 2.53. The molecule has 6 saturated heterocycles. The standard InChI is InChI=1S/C22H29N5O5.C22H30N2O6.C14H24N2O4/c1-22(2,3)32-20(29)17-10-9-16-11-15(12-24-26-23)18(19(28)27(16)17)25-21(30)31-13-14-7-5-4-6-8-14;1-22(2,3)30-20(27)17-10-9-16-11-15(12-25)18(19(26)24(16)17)23-21(28)29-13-14-7-5-4-6-8-14;1-14(2,3)20-13(19)10-5-4-9-6-8(7-17)11(15)12(18)16(9)10/h4-8,15-18H,9-13H2,1-3H3,(H,25,30);4-8,15-18,25H,9-13H2,1-3H3,(H,23,28);8-11,17H,4-7,15H2,1-3H3/t2*15?,16?,17-,18?;8?,9?,10-,11?/m000/s1. The van der Waals surface area contributed by atoms with Gasteiger partial charge in [0, 0.05) is 54.6 Å². The Balaban J connectivity index is 0.000000203. The number of hydrogen-bond acceptors (Lipinski definition) is 17. The summed E-state index contributed by atoms with van der Waals surface area (Å²) in [7, 11) is 0. The van der Waals surface area contributed by atoms with Crippen molar-refractivity contribution in [3.63, 3.8) is 0 Å². The van der Waals surface area contributed by atoms with Crippen molar-refractivity contribution in [3.05, 3.63) is 82.2 Å². The van der Waals surface area contributed by atoms with Crippen LogP contribution in [0.1, 0.15) is 131 Å². The van der Waals surface area contributed by atoms with Gasteiger partial charge in [0.2, 0.25) is 17.7 Å². The van der Waals surface area contributed by atoms with Gasteiger partial charge in [-0.1, -0.05) is 65.8 Å². The zero-order valence-electron chi connectivity index (χ0n) is 48.6. The number of esters is 3. The lowest BCUT2D eigenvalue weighted by molar-refractivity contribution is -0.166. The maximum atomic E-state index is 13.4. The molecule has 6 fully saturated rings. The van der Waals surface area contributed by atoms with Gasteiger partial charge in [-0.25, -0.2) is 24.0 Å². The maximum absolute atomic E-state index is 13.4. The number of nitrogens with zero attached hydrogens (tertiary/aromatic N) is 6. The summed E-state index contributed by atoms with van der Waals surface area (Å²) < 4.78 is 26.9. The van der Waals surface area contributed by atoms with Crippen molar-refractivity contribution in [1.82, 2.24) is 25.3 Å². The van der Waals surface area contributed by atoms with Crippen molar-refractivity contribution in [2.45, 2.75) is 204 Å². The first kappa shape index (κ1) is 64.2. The largest absolute Gasteiger partial charge is 0.458 e. The predicted octanol–water partition coefficient (Wildman–Crippen LogP) is 5.34. The first-order valence-corrected chi connectivity index (χ1v) is 28.2. The Bertz CT molecular complexity index is 2620. The smallest absolute Gasteiger partial charge is 0.408 e. The molecule has 5 amide bonds. The Labute approximate surface area is 479 Å². The number of carbonyl (C=O) groups is 8. The van der Waals surface area contributed by atoms with Crippen molar-refractivity contribution in [2.24, 2.45) is 28.6 Å². The number of alkyl carbamates (subject to hydrolysis) is 2. The van der Waals surface area contributed by atoms with Crippen LogP contribution in [0.15, 0.2) is 65.8 Å². The van der Waals surface area contributed by atoms with E-state index in [9.17, 15) is 48.6 Å². The van der Waals surface area contributed by atoms with Gasteiger partial charge in [0.1, 0.15) is 60.2 Å². The van der Waals surface area contributed by atoms with Crippen molar-refractivity contribution < 1.29 is 72.3 Å². The summed E-state index contributed by atoms with van der Waals surface area (Å²) in [6.45, 7) is 16.0. The van der Waals surface area contributed by atoms with Crippen LogP contribution in [-0.4, -0.2) is 164 Å². The molecule has 450 valence electrons. The molecule has 6 heterocycles. The zero-order valence-corrected chi connectivity index (χ0v) is 48.6. The molecule has 82 heavy (non-hydrogen) atoms. The van der Waals surface area contributed by atoms with E-state index >= 15 is 0 Å². The normalized spacial score (nSPS) is 27.6. The molecule has 0 spiro atoms. The second-order valence-corrected chi connectivity index (χ2v) is 24.7. The number of benzene rings is 2. The summed E-state index contributed by atoms with van der Waals surface area (Å²) in [6, 6.07) is 13.5. The van der Waals surface area contributed by atoms with Crippen molar-refractivity contribution in [3.8, 4) is 0 Å². The Morgan fingerprint density at radius 3 is 1.26 bits per heavy atom. The van der Waals surface area contributed by atoms with Gasteiger partial charge in [-0.2, -0.15) is 0 Å². The lowest BCUT2D eigenvalue weighted by Gasteiger charge is -2.41. The highest BCUT2D eigenvalue weighted by Crippen LogP contribution is 2.39. The molecule has 0 saturated carbocycles. The summed E-state index contributed by atoms with van der Waals surface area (Å²) in [5, 5.41) is 27.9. The van der Waals surface area contributed by atoms with E-state index in [-0.39, 0.29) is 86.6 Å². The van der Waals surface area contributed by atoms with Crippen LogP contribution in [0, 0.1) is 17.8 Å². The number of azide groups is 1. The number of piperidine rings is 3. The number of amides is 5. The lowest BCUT2D eigenvalue weighted by atomic mass is 9.86. The van der Waals surface area contributed by atoms with Crippen LogP contribution < -0.4 is 16.4 Å². The third-order valence-corrected chi connectivity index (χ3v) is 15.1. The Kier molecular flexibility index (Phi) is 21.8. The van der Waals surface area contributed by atoms with Gasteiger partial charge in [-0.3, -0.25) is 14.4 Å². The maximum Gasteiger partial charge on any atom is 0.408 e. The second-order valence-electron chi connectivity index (χ2n) is 24.7. The van der Waals surface area contributed by atoms with Gasteiger partial charge < -0.3 is 65.0 Å². The minimum absolute atomic E-state index is 0.00281. The van der Waals surface area contributed by atoms with Crippen molar-refractivity contribution >= 4 is 47.8 Å². The van der Waals surface area contributed by atoms with Crippen molar-refractivity contribution in [1.29, 1.82) is 0 Å². The summed E-state index contributed by atoms with van der Waals surface area (Å²) in [5.41, 5.74) is 14.4. The van der Waals surface area contributed by atoms with Gasteiger partial charge in [0.25, 0.3) is 0 Å². The van der Waals surface area contributed by atoms with Gasteiger partial charge in [0.05, 0.1) is 6.04 Å². The molecule has 24 heteroatoms. The molecule has 0 aliphatic carbocycles.